The van der Waals surface area contributed by atoms with Gasteiger partial charge in [0.1, 0.15) is 0 Å². The van der Waals surface area contributed by atoms with Gasteiger partial charge in [-0.15, -0.1) is 6.58 Å². The van der Waals surface area contributed by atoms with E-state index in [1.165, 1.54) is 0 Å². The molecule has 0 aromatic rings. The highest BCUT2D eigenvalue weighted by molar-refractivity contribution is 5.77. The maximum Gasteiger partial charge on any atom is 0.225 e. The lowest BCUT2D eigenvalue weighted by molar-refractivity contribution is -0.136. The Labute approximate surface area is 91.5 Å². The fourth-order valence-electron chi connectivity index (χ4n) is 1.14. The van der Waals surface area contributed by atoms with Crippen molar-refractivity contribution in [1.29, 1.82) is 0 Å². The smallest absolute Gasteiger partial charge is 0.225 e. The van der Waals surface area contributed by atoms with Gasteiger partial charge < -0.3 is 14.7 Å². The molecule has 1 N–H and O–H groups in total. The molecule has 0 atom stereocenters. The zero-order valence-electron chi connectivity index (χ0n) is 9.82. The van der Waals surface area contributed by atoms with Gasteiger partial charge in [-0.05, 0) is 13.8 Å². The summed E-state index contributed by atoms with van der Waals surface area (Å²) in [7, 11) is 1.58. The summed E-state index contributed by atoms with van der Waals surface area (Å²) in [6, 6.07) is 0. The summed E-state index contributed by atoms with van der Waals surface area (Å²) in [5, 5.41) is 8.81. The van der Waals surface area contributed by atoms with Crippen molar-refractivity contribution in [2.75, 3.05) is 26.8 Å². The second-order valence-electron chi connectivity index (χ2n) is 3.99. The van der Waals surface area contributed by atoms with Gasteiger partial charge in [-0.25, -0.2) is 0 Å². The summed E-state index contributed by atoms with van der Waals surface area (Å²) in [4.78, 5) is 13.3. The van der Waals surface area contributed by atoms with Crippen LogP contribution >= 0.6 is 0 Å². The molecule has 0 aliphatic carbocycles. The van der Waals surface area contributed by atoms with Gasteiger partial charge in [0.25, 0.3) is 0 Å². The molecule has 0 spiro atoms. The lowest BCUT2D eigenvalue weighted by Gasteiger charge is -2.27. The number of hydrogen-bond acceptors (Lipinski definition) is 3. The van der Waals surface area contributed by atoms with E-state index in [2.05, 4.69) is 6.58 Å². The van der Waals surface area contributed by atoms with Crippen LogP contribution < -0.4 is 0 Å². The van der Waals surface area contributed by atoms with Crippen LogP contribution in [0.25, 0.3) is 0 Å². The molecule has 0 heterocycles. The maximum atomic E-state index is 11.8. The van der Waals surface area contributed by atoms with Crippen molar-refractivity contribution in [2.24, 2.45) is 0 Å². The van der Waals surface area contributed by atoms with Gasteiger partial charge in [-0.2, -0.15) is 0 Å². The highest BCUT2D eigenvalue weighted by atomic mass is 16.5. The predicted molar refractivity (Wildman–Crippen MR) is 59.6 cm³/mol. The third-order valence-corrected chi connectivity index (χ3v) is 2.20. The van der Waals surface area contributed by atoms with Gasteiger partial charge in [-0.3, -0.25) is 4.79 Å². The monoisotopic (exact) mass is 215 g/mol. The molecule has 0 bridgehead atoms. The standard InChI is InChI=1S/C11H21NO3/c1-5-6-12(7-8-13)10(14)9-11(2,3)15-4/h5,13H,1,6-9H2,2-4H3. The van der Waals surface area contributed by atoms with Crippen LogP contribution in [0.3, 0.4) is 0 Å². The second-order valence-corrected chi connectivity index (χ2v) is 3.99. The number of carbonyl (C=O) groups excluding carboxylic acids is 1. The highest BCUT2D eigenvalue weighted by Gasteiger charge is 2.23. The van der Waals surface area contributed by atoms with E-state index < -0.39 is 5.60 Å². The Balaban J connectivity index is 4.30. The van der Waals surface area contributed by atoms with Crippen LogP contribution in [0.4, 0.5) is 0 Å². The number of ether oxygens (including phenoxy) is 1. The molecule has 0 rings (SSSR count). The molecular formula is C11H21NO3. The molecule has 15 heavy (non-hydrogen) atoms. The van der Waals surface area contributed by atoms with Crippen molar-refractivity contribution >= 4 is 5.91 Å². The molecule has 0 aromatic carbocycles. The van der Waals surface area contributed by atoms with Crippen LogP contribution in [-0.4, -0.2) is 48.3 Å². The van der Waals surface area contributed by atoms with E-state index in [0.717, 1.165) is 0 Å². The van der Waals surface area contributed by atoms with Crippen molar-refractivity contribution < 1.29 is 14.6 Å². The largest absolute Gasteiger partial charge is 0.395 e. The van der Waals surface area contributed by atoms with Crippen molar-refractivity contribution in [1.82, 2.24) is 4.90 Å². The molecule has 0 aromatic heterocycles. The number of aliphatic hydroxyl groups excluding tert-OH is 1. The predicted octanol–water partition coefficient (Wildman–Crippen LogP) is 0.808. The van der Waals surface area contributed by atoms with Gasteiger partial charge in [-0.1, -0.05) is 6.08 Å². The average molecular weight is 215 g/mol. The summed E-state index contributed by atoms with van der Waals surface area (Å²) in [6.07, 6.45) is 1.95. The lowest BCUT2D eigenvalue weighted by atomic mass is 10.0. The molecule has 4 heteroatoms. The summed E-state index contributed by atoms with van der Waals surface area (Å²) in [6.45, 7) is 8.05. The van der Waals surface area contributed by atoms with Crippen LogP contribution in [0.1, 0.15) is 20.3 Å². The van der Waals surface area contributed by atoms with E-state index in [9.17, 15) is 4.79 Å². The summed E-state index contributed by atoms with van der Waals surface area (Å²) >= 11 is 0. The van der Waals surface area contributed by atoms with E-state index in [1.807, 2.05) is 13.8 Å². The van der Waals surface area contributed by atoms with Crippen LogP contribution in [0.2, 0.25) is 0 Å². The van der Waals surface area contributed by atoms with E-state index in [0.29, 0.717) is 19.5 Å². The minimum Gasteiger partial charge on any atom is -0.395 e. The molecule has 88 valence electrons. The van der Waals surface area contributed by atoms with Crippen LogP contribution in [0.15, 0.2) is 12.7 Å². The normalized spacial score (nSPS) is 11.2. The molecule has 0 unspecified atom stereocenters. The maximum absolute atomic E-state index is 11.8. The third-order valence-electron chi connectivity index (χ3n) is 2.20. The van der Waals surface area contributed by atoms with Gasteiger partial charge in [0.15, 0.2) is 0 Å². The lowest BCUT2D eigenvalue weighted by Crippen LogP contribution is -2.38. The quantitative estimate of drug-likeness (QED) is 0.639. The van der Waals surface area contributed by atoms with Crippen molar-refractivity contribution in [3.8, 4) is 0 Å². The molecule has 0 aliphatic rings. The Hall–Kier alpha value is -0.870. The second kappa shape index (κ2) is 6.58. The molecule has 4 nitrogen and oxygen atoms in total. The number of aliphatic hydroxyl groups is 1. The third kappa shape index (κ3) is 5.54. The Morgan fingerprint density at radius 1 is 1.60 bits per heavy atom. The van der Waals surface area contributed by atoms with Gasteiger partial charge >= 0.3 is 0 Å². The Kier molecular flexibility index (Phi) is 6.20. The fraction of sp³-hybridized carbons (Fsp3) is 0.727. The Morgan fingerprint density at radius 2 is 2.20 bits per heavy atom. The first-order valence-corrected chi connectivity index (χ1v) is 5.01. The topological polar surface area (TPSA) is 49.8 Å². The number of methoxy groups -OCH3 is 1. The molecule has 0 fully saturated rings. The number of amides is 1. The van der Waals surface area contributed by atoms with Crippen molar-refractivity contribution in [3.63, 3.8) is 0 Å². The first-order valence-electron chi connectivity index (χ1n) is 5.01. The molecule has 0 saturated carbocycles. The minimum absolute atomic E-state index is 0.0317. The summed E-state index contributed by atoms with van der Waals surface area (Å²) in [5.74, 6) is -0.0317. The summed E-state index contributed by atoms with van der Waals surface area (Å²) in [5.41, 5.74) is -0.466. The van der Waals surface area contributed by atoms with Gasteiger partial charge in [0.05, 0.1) is 18.6 Å². The van der Waals surface area contributed by atoms with E-state index in [4.69, 9.17) is 9.84 Å². The van der Waals surface area contributed by atoms with Crippen molar-refractivity contribution in [2.45, 2.75) is 25.9 Å². The van der Waals surface area contributed by atoms with Crippen molar-refractivity contribution in [3.05, 3.63) is 12.7 Å². The number of carbonyl (C=O) groups is 1. The van der Waals surface area contributed by atoms with Crippen LogP contribution in [-0.2, 0) is 9.53 Å². The average Bonchev–Trinajstić information content (AvgIpc) is 2.17. The van der Waals surface area contributed by atoms with E-state index in [-0.39, 0.29) is 12.5 Å². The first kappa shape index (κ1) is 14.1. The minimum atomic E-state index is -0.466. The Morgan fingerprint density at radius 3 is 2.60 bits per heavy atom. The number of rotatable bonds is 7. The molecular weight excluding hydrogens is 194 g/mol. The number of hydrogen-bond donors (Lipinski definition) is 1. The SMILES string of the molecule is C=CCN(CCO)C(=O)CC(C)(C)OC. The van der Waals surface area contributed by atoms with Crippen LogP contribution in [0.5, 0.6) is 0 Å². The van der Waals surface area contributed by atoms with Gasteiger partial charge in [0.2, 0.25) is 5.91 Å². The van der Waals surface area contributed by atoms with E-state index in [1.54, 1.807) is 18.1 Å². The van der Waals surface area contributed by atoms with Crippen LogP contribution in [0, 0.1) is 0 Å². The fourth-order valence-corrected chi connectivity index (χ4v) is 1.14. The molecule has 0 saturated heterocycles. The van der Waals surface area contributed by atoms with E-state index >= 15 is 0 Å². The van der Waals surface area contributed by atoms with Gasteiger partial charge in [0, 0.05) is 20.2 Å². The Bertz CT molecular complexity index is 214. The zero-order valence-corrected chi connectivity index (χ0v) is 9.82. The zero-order chi connectivity index (χ0) is 11.9. The number of nitrogens with zero attached hydrogens (tertiary/aromatic N) is 1. The molecule has 1 amide bonds. The summed E-state index contributed by atoms with van der Waals surface area (Å²) < 4.78 is 5.18. The highest BCUT2D eigenvalue weighted by Crippen LogP contribution is 2.14. The molecule has 0 radical (unpaired) electrons. The first-order chi connectivity index (χ1) is 6.96. The molecule has 0 aliphatic heterocycles.